The second-order valence-electron chi connectivity index (χ2n) is 3.83. The van der Waals surface area contributed by atoms with Gasteiger partial charge in [-0.05, 0) is 39.5 Å². The fourth-order valence-electron chi connectivity index (χ4n) is 1.48. The molecule has 0 fully saturated rings. The van der Waals surface area contributed by atoms with Crippen LogP contribution in [0.4, 0.5) is 5.69 Å². The largest absolute Gasteiger partial charge is 0.484 e. The van der Waals surface area contributed by atoms with Crippen LogP contribution in [0.25, 0.3) is 0 Å². The monoisotopic (exact) mass is 340 g/mol. The molecule has 1 aromatic heterocycles. The van der Waals surface area contributed by atoms with E-state index in [9.17, 15) is 4.79 Å². The summed E-state index contributed by atoms with van der Waals surface area (Å²) < 4.78 is 6.35. The molecule has 19 heavy (non-hydrogen) atoms. The SMILES string of the molecule is NC(=O)COc1cccc(NCc2sccc2Br)c1. The minimum Gasteiger partial charge on any atom is -0.484 e. The topological polar surface area (TPSA) is 64.4 Å². The van der Waals surface area contributed by atoms with Crippen LogP contribution in [0, 0.1) is 0 Å². The third-order valence-corrected chi connectivity index (χ3v) is 4.29. The van der Waals surface area contributed by atoms with Gasteiger partial charge in [-0.3, -0.25) is 4.79 Å². The molecular formula is C13H13BrN2O2S. The minimum absolute atomic E-state index is 0.111. The Morgan fingerprint density at radius 1 is 1.42 bits per heavy atom. The lowest BCUT2D eigenvalue weighted by molar-refractivity contribution is -0.119. The number of amides is 1. The molecule has 2 rings (SSSR count). The predicted molar refractivity (Wildman–Crippen MR) is 80.5 cm³/mol. The summed E-state index contributed by atoms with van der Waals surface area (Å²) in [7, 11) is 0. The average molecular weight is 341 g/mol. The van der Waals surface area contributed by atoms with Crippen LogP contribution in [-0.2, 0) is 11.3 Å². The number of nitrogens with one attached hydrogen (secondary N) is 1. The number of hydrogen-bond donors (Lipinski definition) is 2. The molecule has 100 valence electrons. The first-order valence-corrected chi connectivity index (χ1v) is 7.29. The first-order chi connectivity index (χ1) is 9.15. The van der Waals surface area contributed by atoms with Crippen molar-refractivity contribution in [1.29, 1.82) is 0 Å². The molecule has 0 aliphatic rings. The van der Waals surface area contributed by atoms with Gasteiger partial charge in [-0.25, -0.2) is 0 Å². The maximum absolute atomic E-state index is 10.7. The summed E-state index contributed by atoms with van der Waals surface area (Å²) in [5, 5.41) is 5.34. The number of carbonyl (C=O) groups excluding carboxylic acids is 1. The van der Waals surface area contributed by atoms with E-state index in [0.717, 1.165) is 16.7 Å². The molecule has 0 radical (unpaired) electrons. The van der Waals surface area contributed by atoms with Gasteiger partial charge in [0.2, 0.25) is 0 Å². The first kappa shape index (κ1) is 13.9. The number of hydrogen-bond acceptors (Lipinski definition) is 4. The van der Waals surface area contributed by atoms with E-state index in [4.69, 9.17) is 10.5 Å². The molecule has 4 nitrogen and oxygen atoms in total. The van der Waals surface area contributed by atoms with Crippen LogP contribution in [0.3, 0.4) is 0 Å². The van der Waals surface area contributed by atoms with Gasteiger partial charge in [0.05, 0.1) is 6.54 Å². The maximum atomic E-state index is 10.7. The fraction of sp³-hybridized carbons (Fsp3) is 0.154. The van der Waals surface area contributed by atoms with E-state index < -0.39 is 5.91 Å². The number of benzene rings is 1. The molecule has 0 aliphatic carbocycles. The fourth-order valence-corrected chi connectivity index (χ4v) is 2.92. The van der Waals surface area contributed by atoms with Crippen LogP contribution in [0.2, 0.25) is 0 Å². The number of rotatable bonds is 6. The molecule has 3 N–H and O–H groups in total. The molecule has 0 atom stereocenters. The van der Waals surface area contributed by atoms with E-state index in [0.29, 0.717) is 5.75 Å². The van der Waals surface area contributed by atoms with Gasteiger partial charge < -0.3 is 15.8 Å². The van der Waals surface area contributed by atoms with Crippen LogP contribution in [0.1, 0.15) is 4.88 Å². The molecule has 1 heterocycles. The van der Waals surface area contributed by atoms with Gasteiger partial charge in [0.25, 0.3) is 5.91 Å². The van der Waals surface area contributed by atoms with Gasteiger partial charge in [-0.15, -0.1) is 11.3 Å². The molecule has 0 saturated heterocycles. The van der Waals surface area contributed by atoms with E-state index in [-0.39, 0.29) is 6.61 Å². The van der Waals surface area contributed by atoms with Crippen LogP contribution in [0.15, 0.2) is 40.2 Å². The lowest BCUT2D eigenvalue weighted by atomic mass is 10.3. The highest BCUT2D eigenvalue weighted by atomic mass is 79.9. The highest BCUT2D eigenvalue weighted by Crippen LogP contribution is 2.24. The van der Waals surface area contributed by atoms with Crippen LogP contribution >= 0.6 is 27.3 Å². The Bertz CT molecular complexity index is 571. The van der Waals surface area contributed by atoms with Gasteiger partial charge in [0, 0.05) is 21.1 Å². The number of nitrogens with two attached hydrogens (primary N) is 1. The minimum atomic E-state index is -0.485. The average Bonchev–Trinajstić information content (AvgIpc) is 2.80. The highest BCUT2D eigenvalue weighted by Gasteiger charge is 2.02. The van der Waals surface area contributed by atoms with Crippen LogP contribution in [-0.4, -0.2) is 12.5 Å². The zero-order valence-electron chi connectivity index (χ0n) is 10.1. The number of anilines is 1. The maximum Gasteiger partial charge on any atom is 0.255 e. The molecule has 6 heteroatoms. The lowest BCUT2D eigenvalue weighted by Crippen LogP contribution is -2.20. The van der Waals surface area contributed by atoms with E-state index in [2.05, 4.69) is 21.2 Å². The van der Waals surface area contributed by atoms with Crippen molar-refractivity contribution in [3.05, 3.63) is 45.1 Å². The number of primary amides is 1. The summed E-state index contributed by atoms with van der Waals surface area (Å²) in [5.74, 6) is 0.134. The Morgan fingerprint density at radius 3 is 2.95 bits per heavy atom. The molecule has 0 aliphatic heterocycles. The van der Waals surface area contributed by atoms with Crippen molar-refractivity contribution in [3.8, 4) is 5.75 Å². The second kappa shape index (κ2) is 6.58. The Labute approximate surface area is 123 Å². The predicted octanol–water partition coefficient (Wildman–Crippen LogP) is 2.99. The van der Waals surface area contributed by atoms with E-state index in [1.807, 2.05) is 29.6 Å². The Hall–Kier alpha value is -1.53. The molecule has 0 saturated carbocycles. The van der Waals surface area contributed by atoms with Crippen LogP contribution < -0.4 is 15.8 Å². The van der Waals surface area contributed by atoms with Gasteiger partial charge >= 0.3 is 0 Å². The quantitative estimate of drug-likeness (QED) is 0.849. The van der Waals surface area contributed by atoms with Gasteiger partial charge in [0.15, 0.2) is 6.61 Å². The summed E-state index contributed by atoms with van der Waals surface area (Å²) in [5.41, 5.74) is 5.97. The summed E-state index contributed by atoms with van der Waals surface area (Å²) in [6.07, 6.45) is 0. The molecule has 0 unspecified atom stereocenters. The van der Waals surface area contributed by atoms with Crippen molar-refractivity contribution in [2.45, 2.75) is 6.54 Å². The van der Waals surface area contributed by atoms with E-state index in [1.54, 1.807) is 17.4 Å². The second-order valence-corrected chi connectivity index (χ2v) is 5.68. The van der Waals surface area contributed by atoms with Crippen molar-refractivity contribution in [2.75, 3.05) is 11.9 Å². The summed E-state index contributed by atoms with van der Waals surface area (Å²) >= 11 is 5.17. The Morgan fingerprint density at radius 2 is 2.26 bits per heavy atom. The standard InChI is InChI=1S/C13H13BrN2O2S/c14-11-4-5-19-12(11)7-16-9-2-1-3-10(6-9)18-8-13(15)17/h1-6,16H,7-8H2,(H2,15,17). The van der Waals surface area contributed by atoms with Crippen LogP contribution in [0.5, 0.6) is 5.75 Å². The molecule has 1 aromatic carbocycles. The van der Waals surface area contributed by atoms with Crippen molar-refractivity contribution < 1.29 is 9.53 Å². The Kier molecular flexibility index (Phi) is 4.81. The van der Waals surface area contributed by atoms with Crippen molar-refractivity contribution >= 4 is 38.9 Å². The number of carbonyl (C=O) groups is 1. The smallest absolute Gasteiger partial charge is 0.255 e. The summed E-state index contributed by atoms with van der Waals surface area (Å²) in [6, 6.07) is 9.45. The molecule has 1 amide bonds. The summed E-state index contributed by atoms with van der Waals surface area (Å²) in [4.78, 5) is 11.9. The van der Waals surface area contributed by atoms with Crippen molar-refractivity contribution in [3.63, 3.8) is 0 Å². The zero-order valence-corrected chi connectivity index (χ0v) is 12.5. The lowest BCUT2D eigenvalue weighted by Gasteiger charge is -2.08. The van der Waals surface area contributed by atoms with Crippen molar-refractivity contribution in [2.24, 2.45) is 5.73 Å². The van der Waals surface area contributed by atoms with Gasteiger partial charge in [-0.2, -0.15) is 0 Å². The first-order valence-electron chi connectivity index (χ1n) is 5.62. The molecular weight excluding hydrogens is 328 g/mol. The molecule has 0 spiro atoms. The van der Waals surface area contributed by atoms with Crippen molar-refractivity contribution in [1.82, 2.24) is 0 Å². The number of thiophene rings is 1. The molecule has 2 aromatic rings. The Balaban J connectivity index is 1.95. The highest BCUT2D eigenvalue weighted by molar-refractivity contribution is 9.10. The number of ether oxygens (including phenoxy) is 1. The van der Waals surface area contributed by atoms with Gasteiger partial charge in [0.1, 0.15) is 5.75 Å². The normalized spacial score (nSPS) is 10.2. The third kappa shape index (κ3) is 4.25. The number of halogens is 1. The van der Waals surface area contributed by atoms with E-state index in [1.165, 1.54) is 4.88 Å². The zero-order chi connectivity index (χ0) is 13.7. The molecule has 0 bridgehead atoms. The van der Waals surface area contributed by atoms with Gasteiger partial charge in [-0.1, -0.05) is 6.07 Å². The van der Waals surface area contributed by atoms with E-state index >= 15 is 0 Å². The third-order valence-electron chi connectivity index (χ3n) is 2.36. The summed E-state index contributed by atoms with van der Waals surface area (Å²) in [6.45, 7) is 0.622.